The molecule has 0 aliphatic rings. The second-order valence-electron chi connectivity index (χ2n) is 3.93. The van der Waals surface area contributed by atoms with Gasteiger partial charge in [-0.2, -0.15) is 15.0 Å². The number of hydrogen-bond donors (Lipinski definition) is 1. The van der Waals surface area contributed by atoms with E-state index in [1.807, 2.05) is 6.92 Å². The molecule has 0 saturated heterocycles. The smallest absolute Gasteiger partial charge is 0.322 e. The van der Waals surface area contributed by atoms with E-state index in [9.17, 15) is 8.78 Å². The molecule has 0 aliphatic heterocycles. The van der Waals surface area contributed by atoms with Crippen LogP contribution in [0.2, 0.25) is 5.28 Å². The van der Waals surface area contributed by atoms with Gasteiger partial charge in [-0.05, 0) is 40.0 Å². The predicted molar refractivity (Wildman–Crippen MR) is 78.0 cm³/mol. The zero-order chi connectivity index (χ0) is 15.4. The highest BCUT2D eigenvalue weighted by Crippen LogP contribution is 2.26. The average molecular weight is 380 g/mol. The first-order valence-corrected chi connectivity index (χ1v) is 7.12. The molecule has 0 amide bonds. The van der Waals surface area contributed by atoms with Crippen LogP contribution in [0.1, 0.15) is 13.3 Å². The number of aromatic nitrogens is 3. The van der Waals surface area contributed by atoms with E-state index in [1.54, 1.807) is 0 Å². The first kappa shape index (κ1) is 15.8. The highest BCUT2D eigenvalue weighted by atomic mass is 79.9. The molecule has 9 heteroatoms. The topological polar surface area (TPSA) is 59.9 Å². The van der Waals surface area contributed by atoms with Crippen LogP contribution in [0.25, 0.3) is 0 Å². The van der Waals surface area contributed by atoms with Crippen LogP contribution in [0.3, 0.4) is 0 Å². The van der Waals surface area contributed by atoms with Crippen LogP contribution in [0.15, 0.2) is 16.6 Å². The Bertz CT molecular complexity index is 659. The largest absolute Gasteiger partial charge is 0.463 e. The van der Waals surface area contributed by atoms with Gasteiger partial charge in [0.2, 0.25) is 11.2 Å². The normalized spacial score (nSPS) is 10.5. The maximum atomic E-state index is 13.7. The molecule has 5 nitrogen and oxygen atoms in total. The second-order valence-corrected chi connectivity index (χ2v) is 5.12. The number of nitrogens with one attached hydrogen (secondary N) is 1. The molecule has 2 rings (SSSR count). The Hall–Kier alpha value is -1.54. The fourth-order valence-electron chi connectivity index (χ4n) is 1.38. The lowest BCUT2D eigenvalue weighted by molar-refractivity contribution is 0.292. The van der Waals surface area contributed by atoms with Crippen LogP contribution in [0.4, 0.5) is 20.4 Å². The minimum atomic E-state index is -0.789. The minimum absolute atomic E-state index is 0.00138. The molecule has 0 saturated carbocycles. The van der Waals surface area contributed by atoms with Crippen molar-refractivity contribution in [1.29, 1.82) is 0 Å². The van der Waals surface area contributed by atoms with Crippen molar-refractivity contribution in [3.63, 3.8) is 0 Å². The molecule has 0 spiro atoms. The van der Waals surface area contributed by atoms with Gasteiger partial charge in [0, 0.05) is 6.07 Å². The molecule has 0 atom stereocenters. The molecule has 0 aliphatic carbocycles. The predicted octanol–water partition coefficient (Wildman–Crippen LogP) is 4.10. The van der Waals surface area contributed by atoms with Crippen LogP contribution < -0.4 is 10.1 Å². The van der Waals surface area contributed by atoms with Crippen molar-refractivity contribution in [3.8, 4) is 6.01 Å². The summed E-state index contributed by atoms with van der Waals surface area (Å²) in [4.78, 5) is 11.5. The van der Waals surface area contributed by atoms with Gasteiger partial charge >= 0.3 is 6.01 Å². The molecule has 21 heavy (non-hydrogen) atoms. The summed E-state index contributed by atoms with van der Waals surface area (Å²) in [6, 6.07) is 2.00. The van der Waals surface area contributed by atoms with Crippen molar-refractivity contribution in [2.45, 2.75) is 13.3 Å². The number of hydrogen-bond acceptors (Lipinski definition) is 5. The van der Waals surface area contributed by atoms with Gasteiger partial charge in [0.1, 0.15) is 11.6 Å². The Morgan fingerprint density at radius 3 is 2.71 bits per heavy atom. The lowest BCUT2D eigenvalue weighted by atomic mass is 10.3. The Balaban J connectivity index is 2.27. The lowest BCUT2D eigenvalue weighted by Gasteiger charge is -2.09. The van der Waals surface area contributed by atoms with Crippen molar-refractivity contribution >= 4 is 39.2 Å². The number of nitrogens with zero attached hydrogens (tertiary/aromatic N) is 3. The molecule has 1 heterocycles. The van der Waals surface area contributed by atoms with Gasteiger partial charge in [0.25, 0.3) is 0 Å². The Kier molecular flexibility index (Phi) is 5.24. The number of anilines is 2. The van der Waals surface area contributed by atoms with Gasteiger partial charge in [-0.1, -0.05) is 6.92 Å². The maximum absolute atomic E-state index is 13.7. The number of rotatable bonds is 5. The third kappa shape index (κ3) is 4.21. The van der Waals surface area contributed by atoms with E-state index in [0.717, 1.165) is 12.5 Å². The van der Waals surface area contributed by atoms with Gasteiger partial charge in [0.15, 0.2) is 0 Å². The summed E-state index contributed by atoms with van der Waals surface area (Å²) >= 11 is 8.72. The van der Waals surface area contributed by atoms with Gasteiger partial charge in [-0.15, -0.1) is 0 Å². The molecule has 0 radical (unpaired) electrons. The van der Waals surface area contributed by atoms with Crippen LogP contribution in [-0.4, -0.2) is 21.6 Å². The summed E-state index contributed by atoms with van der Waals surface area (Å²) in [5, 5.41) is 2.50. The summed E-state index contributed by atoms with van der Waals surface area (Å²) in [7, 11) is 0. The van der Waals surface area contributed by atoms with E-state index >= 15 is 0 Å². The van der Waals surface area contributed by atoms with Crippen LogP contribution in [0, 0.1) is 11.6 Å². The zero-order valence-corrected chi connectivity index (χ0v) is 13.2. The standard InChI is InChI=1S/C12H10BrClF2N4O/c1-2-3-21-12-19-10(14)18-11(20-12)17-9-4-6(13)7(15)5-8(9)16/h4-5H,2-3H2,1H3,(H,17,18,19,20). The van der Waals surface area contributed by atoms with Crippen LogP contribution in [0.5, 0.6) is 6.01 Å². The van der Waals surface area contributed by atoms with Crippen molar-refractivity contribution in [1.82, 2.24) is 15.0 Å². The van der Waals surface area contributed by atoms with Crippen molar-refractivity contribution in [2.75, 3.05) is 11.9 Å². The van der Waals surface area contributed by atoms with E-state index in [0.29, 0.717) is 6.61 Å². The van der Waals surface area contributed by atoms with Gasteiger partial charge in [-0.3, -0.25) is 0 Å². The molecule has 112 valence electrons. The van der Waals surface area contributed by atoms with E-state index in [4.69, 9.17) is 16.3 Å². The Morgan fingerprint density at radius 2 is 2.00 bits per heavy atom. The number of ether oxygens (including phenoxy) is 1. The summed E-state index contributed by atoms with van der Waals surface area (Å²) < 4.78 is 32.2. The van der Waals surface area contributed by atoms with E-state index in [-0.39, 0.29) is 27.4 Å². The minimum Gasteiger partial charge on any atom is -0.463 e. The Labute approximate surface area is 132 Å². The van der Waals surface area contributed by atoms with Gasteiger partial charge in [-0.25, -0.2) is 8.78 Å². The maximum Gasteiger partial charge on any atom is 0.322 e. The van der Waals surface area contributed by atoms with Crippen LogP contribution >= 0.6 is 27.5 Å². The molecule has 1 aromatic carbocycles. The van der Waals surface area contributed by atoms with E-state index in [1.165, 1.54) is 6.07 Å². The quantitative estimate of drug-likeness (QED) is 0.793. The Morgan fingerprint density at radius 1 is 1.24 bits per heavy atom. The molecule has 0 unspecified atom stereocenters. The van der Waals surface area contributed by atoms with E-state index in [2.05, 4.69) is 36.2 Å². The van der Waals surface area contributed by atoms with Crippen molar-refractivity contribution < 1.29 is 13.5 Å². The molecule has 1 aromatic heterocycles. The zero-order valence-electron chi connectivity index (χ0n) is 10.8. The summed E-state index contributed by atoms with van der Waals surface area (Å²) in [5.74, 6) is -1.50. The molecule has 0 bridgehead atoms. The molecule has 0 fully saturated rings. The first-order chi connectivity index (χ1) is 9.99. The molecule has 2 aromatic rings. The molecular weight excluding hydrogens is 370 g/mol. The lowest BCUT2D eigenvalue weighted by Crippen LogP contribution is -2.05. The third-order valence-electron chi connectivity index (χ3n) is 2.28. The third-order valence-corrected chi connectivity index (χ3v) is 3.06. The van der Waals surface area contributed by atoms with Gasteiger partial charge < -0.3 is 10.1 Å². The van der Waals surface area contributed by atoms with Gasteiger partial charge in [0.05, 0.1) is 16.8 Å². The first-order valence-electron chi connectivity index (χ1n) is 5.95. The fourth-order valence-corrected chi connectivity index (χ4v) is 1.88. The molecule has 1 N–H and O–H groups in total. The number of halogens is 4. The average Bonchev–Trinajstić information content (AvgIpc) is 2.42. The summed E-state index contributed by atoms with van der Waals surface area (Å²) in [6.45, 7) is 2.34. The van der Waals surface area contributed by atoms with E-state index < -0.39 is 11.6 Å². The SMILES string of the molecule is CCCOc1nc(Cl)nc(Nc2cc(Br)c(F)cc2F)n1. The summed E-state index contributed by atoms with van der Waals surface area (Å²) in [6.07, 6.45) is 0.769. The fraction of sp³-hybridized carbons (Fsp3) is 0.250. The number of benzene rings is 1. The van der Waals surface area contributed by atoms with Crippen LogP contribution in [-0.2, 0) is 0 Å². The van der Waals surface area contributed by atoms with Crippen molar-refractivity contribution in [3.05, 3.63) is 33.5 Å². The summed E-state index contributed by atoms with van der Waals surface area (Å²) in [5.41, 5.74) is -0.00742. The second kappa shape index (κ2) is 6.95. The monoisotopic (exact) mass is 378 g/mol. The molecular formula is C12H10BrClF2N4O. The highest BCUT2D eigenvalue weighted by molar-refractivity contribution is 9.10. The highest BCUT2D eigenvalue weighted by Gasteiger charge is 2.11. The van der Waals surface area contributed by atoms with Crippen molar-refractivity contribution in [2.24, 2.45) is 0 Å².